The van der Waals surface area contributed by atoms with Crippen LogP contribution in [-0.2, 0) is 9.59 Å². The first kappa shape index (κ1) is 20.3. The number of amides is 2. The molecule has 2 aromatic rings. The topological polar surface area (TPSA) is 67.9 Å². The first-order chi connectivity index (χ1) is 12.9. The van der Waals surface area contributed by atoms with Crippen LogP contribution >= 0.6 is 0 Å². The summed E-state index contributed by atoms with van der Waals surface area (Å²) in [6.45, 7) is 6.15. The number of benzene rings is 2. The van der Waals surface area contributed by atoms with E-state index in [0.29, 0.717) is 24.6 Å². The summed E-state index contributed by atoms with van der Waals surface area (Å²) in [6.07, 6.45) is 0. The molecule has 0 spiro atoms. The molecular formula is C21H26N2O4. The summed E-state index contributed by atoms with van der Waals surface area (Å²) in [7, 11) is 1.55. The van der Waals surface area contributed by atoms with Crippen LogP contribution in [0.4, 0.5) is 5.69 Å². The van der Waals surface area contributed by atoms with Crippen LogP contribution in [0.3, 0.4) is 0 Å². The summed E-state index contributed by atoms with van der Waals surface area (Å²) in [5.41, 5.74) is 3.11. The Hall–Kier alpha value is -3.02. The smallest absolute Gasteiger partial charge is 0.258 e. The van der Waals surface area contributed by atoms with Crippen molar-refractivity contribution in [3.63, 3.8) is 0 Å². The van der Waals surface area contributed by atoms with Gasteiger partial charge < -0.3 is 19.7 Å². The summed E-state index contributed by atoms with van der Waals surface area (Å²) in [6, 6.07) is 13.0. The molecule has 1 N–H and O–H groups in total. The minimum absolute atomic E-state index is 0.0715. The van der Waals surface area contributed by atoms with Gasteiger partial charge in [0.2, 0.25) is 5.91 Å². The summed E-state index contributed by atoms with van der Waals surface area (Å²) in [5, 5.41) is 2.77. The Morgan fingerprint density at radius 3 is 2.37 bits per heavy atom. The average molecular weight is 370 g/mol. The van der Waals surface area contributed by atoms with Crippen molar-refractivity contribution in [3.05, 3.63) is 53.6 Å². The molecule has 0 radical (unpaired) electrons. The number of rotatable bonds is 8. The highest BCUT2D eigenvalue weighted by Gasteiger charge is 2.13. The molecule has 0 bridgehead atoms. The number of ether oxygens (including phenoxy) is 2. The van der Waals surface area contributed by atoms with Gasteiger partial charge in [-0.1, -0.05) is 18.2 Å². The molecule has 0 fully saturated rings. The van der Waals surface area contributed by atoms with Gasteiger partial charge in [-0.05, 0) is 49.2 Å². The minimum atomic E-state index is -0.260. The lowest BCUT2D eigenvalue weighted by Crippen LogP contribution is -2.39. The maximum Gasteiger partial charge on any atom is 0.258 e. The Morgan fingerprint density at radius 2 is 1.74 bits per heavy atom. The van der Waals surface area contributed by atoms with Crippen LogP contribution in [0.5, 0.6) is 11.5 Å². The van der Waals surface area contributed by atoms with Crippen molar-refractivity contribution < 1.29 is 19.1 Å². The highest BCUT2D eigenvalue weighted by molar-refractivity contribution is 5.91. The Labute approximate surface area is 160 Å². The van der Waals surface area contributed by atoms with E-state index in [9.17, 15) is 9.59 Å². The van der Waals surface area contributed by atoms with E-state index in [2.05, 4.69) is 5.32 Å². The van der Waals surface area contributed by atoms with Gasteiger partial charge in [-0.2, -0.15) is 0 Å². The molecule has 0 saturated carbocycles. The average Bonchev–Trinajstić information content (AvgIpc) is 2.66. The van der Waals surface area contributed by atoms with Crippen LogP contribution in [0.15, 0.2) is 42.5 Å². The van der Waals surface area contributed by atoms with Crippen molar-refractivity contribution in [2.45, 2.75) is 20.8 Å². The van der Waals surface area contributed by atoms with E-state index in [-0.39, 0.29) is 18.4 Å². The van der Waals surface area contributed by atoms with Gasteiger partial charge in [-0.15, -0.1) is 0 Å². The summed E-state index contributed by atoms with van der Waals surface area (Å²) < 4.78 is 10.7. The number of hydrogen-bond donors (Lipinski definition) is 1. The third-order valence-corrected chi connectivity index (χ3v) is 4.27. The number of para-hydroxylation sites is 2. The Balaban J connectivity index is 1.86. The molecule has 2 rings (SSSR count). The van der Waals surface area contributed by atoms with Crippen LogP contribution in [-0.4, -0.2) is 38.6 Å². The fourth-order valence-electron chi connectivity index (χ4n) is 2.60. The lowest BCUT2D eigenvalue weighted by molar-refractivity contribution is -0.123. The van der Waals surface area contributed by atoms with Gasteiger partial charge >= 0.3 is 0 Å². The zero-order valence-corrected chi connectivity index (χ0v) is 16.2. The van der Waals surface area contributed by atoms with Gasteiger partial charge in [0.15, 0.2) is 18.1 Å². The van der Waals surface area contributed by atoms with Crippen molar-refractivity contribution in [3.8, 4) is 11.5 Å². The predicted octanol–water partition coefficient (Wildman–Crippen LogP) is 2.86. The molecule has 6 heteroatoms. The Kier molecular flexibility index (Phi) is 7.23. The molecular weight excluding hydrogens is 344 g/mol. The molecule has 0 aliphatic rings. The zero-order chi connectivity index (χ0) is 19.8. The number of hydrogen-bond acceptors (Lipinski definition) is 4. The van der Waals surface area contributed by atoms with Gasteiger partial charge in [0, 0.05) is 25.7 Å². The highest BCUT2D eigenvalue weighted by atomic mass is 16.5. The van der Waals surface area contributed by atoms with E-state index in [4.69, 9.17) is 9.47 Å². The van der Waals surface area contributed by atoms with E-state index < -0.39 is 0 Å². The summed E-state index contributed by atoms with van der Waals surface area (Å²) in [4.78, 5) is 25.6. The molecule has 6 nitrogen and oxygen atoms in total. The fraction of sp³-hybridized carbons (Fsp3) is 0.333. The fourth-order valence-corrected chi connectivity index (χ4v) is 2.60. The van der Waals surface area contributed by atoms with E-state index in [1.165, 1.54) is 12.5 Å². The van der Waals surface area contributed by atoms with E-state index in [0.717, 1.165) is 11.3 Å². The normalized spacial score (nSPS) is 10.2. The molecule has 0 aliphatic heterocycles. The number of aryl methyl sites for hydroxylation is 2. The van der Waals surface area contributed by atoms with Gasteiger partial charge in [0.05, 0.1) is 7.11 Å². The minimum Gasteiger partial charge on any atom is -0.493 e. The zero-order valence-electron chi connectivity index (χ0n) is 16.2. The van der Waals surface area contributed by atoms with Crippen molar-refractivity contribution in [1.82, 2.24) is 5.32 Å². The molecule has 0 atom stereocenters. The molecule has 0 aliphatic carbocycles. The quantitative estimate of drug-likeness (QED) is 0.776. The summed E-state index contributed by atoms with van der Waals surface area (Å²) >= 11 is 0. The largest absolute Gasteiger partial charge is 0.493 e. The van der Waals surface area contributed by atoms with Crippen molar-refractivity contribution in [1.29, 1.82) is 0 Å². The Bertz CT molecular complexity index is 805. The second-order valence-electron chi connectivity index (χ2n) is 6.23. The van der Waals surface area contributed by atoms with Crippen LogP contribution in [0.1, 0.15) is 18.1 Å². The number of anilines is 1. The molecule has 0 saturated heterocycles. The number of nitrogens with zero attached hydrogens (tertiary/aromatic N) is 1. The van der Waals surface area contributed by atoms with Crippen LogP contribution in [0.25, 0.3) is 0 Å². The SMILES string of the molecule is COc1ccccc1OCC(=O)NCCN(C(C)=O)c1ccc(C)c(C)c1. The first-order valence-electron chi connectivity index (χ1n) is 8.80. The number of carbonyl (C=O) groups is 2. The summed E-state index contributed by atoms with van der Waals surface area (Å²) in [5.74, 6) is 0.751. The third-order valence-electron chi connectivity index (χ3n) is 4.27. The lowest BCUT2D eigenvalue weighted by atomic mass is 10.1. The number of methoxy groups -OCH3 is 1. The molecule has 27 heavy (non-hydrogen) atoms. The second kappa shape index (κ2) is 9.62. The highest BCUT2D eigenvalue weighted by Crippen LogP contribution is 2.25. The van der Waals surface area contributed by atoms with Crippen molar-refractivity contribution >= 4 is 17.5 Å². The van der Waals surface area contributed by atoms with Crippen LogP contribution < -0.4 is 19.7 Å². The van der Waals surface area contributed by atoms with Crippen LogP contribution in [0.2, 0.25) is 0 Å². The van der Waals surface area contributed by atoms with Gasteiger partial charge in [0.1, 0.15) is 0 Å². The van der Waals surface area contributed by atoms with Gasteiger partial charge in [-0.3, -0.25) is 9.59 Å². The van der Waals surface area contributed by atoms with Gasteiger partial charge in [0.25, 0.3) is 5.91 Å². The van der Waals surface area contributed by atoms with Crippen LogP contribution in [0, 0.1) is 13.8 Å². The predicted molar refractivity (Wildman–Crippen MR) is 105 cm³/mol. The molecule has 2 aromatic carbocycles. The van der Waals surface area contributed by atoms with E-state index in [1.54, 1.807) is 24.1 Å². The molecule has 0 unspecified atom stereocenters. The standard InChI is InChI=1S/C21H26N2O4/c1-15-9-10-18(13-16(15)2)23(17(3)24)12-11-22-21(25)14-27-20-8-6-5-7-19(20)26-4/h5-10,13H,11-12,14H2,1-4H3,(H,22,25). The maximum atomic E-state index is 12.0. The first-order valence-corrected chi connectivity index (χ1v) is 8.80. The second-order valence-corrected chi connectivity index (χ2v) is 6.23. The monoisotopic (exact) mass is 370 g/mol. The van der Waals surface area contributed by atoms with Gasteiger partial charge in [-0.25, -0.2) is 0 Å². The molecule has 144 valence electrons. The molecule has 0 heterocycles. The molecule has 2 amide bonds. The lowest BCUT2D eigenvalue weighted by Gasteiger charge is -2.22. The number of nitrogens with one attached hydrogen (secondary N) is 1. The molecule has 0 aromatic heterocycles. The van der Waals surface area contributed by atoms with E-state index in [1.807, 2.05) is 44.2 Å². The van der Waals surface area contributed by atoms with Crippen molar-refractivity contribution in [2.75, 3.05) is 31.7 Å². The Morgan fingerprint density at radius 1 is 1.04 bits per heavy atom. The third kappa shape index (κ3) is 5.74. The maximum absolute atomic E-state index is 12.0. The number of carbonyl (C=O) groups excluding carboxylic acids is 2. The van der Waals surface area contributed by atoms with Crippen molar-refractivity contribution in [2.24, 2.45) is 0 Å². The van der Waals surface area contributed by atoms with E-state index >= 15 is 0 Å².